The molecule has 0 spiro atoms. The molecule has 1 amide bonds. The van der Waals surface area contributed by atoms with Crippen molar-refractivity contribution in [3.63, 3.8) is 0 Å². The van der Waals surface area contributed by atoms with E-state index in [1.54, 1.807) is 0 Å². The predicted octanol–water partition coefficient (Wildman–Crippen LogP) is 3.54. The summed E-state index contributed by atoms with van der Waals surface area (Å²) >= 11 is 0. The molecule has 2 heterocycles. The topological polar surface area (TPSA) is 32.8 Å². The molecular formula is C22H24N2O2. The third-order valence-electron chi connectivity index (χ3n) is 5.07. The molecule has 1 saturated heterocycles. The number of carbonyl (C=O) groups excluding carboxylic acids is 1. The quantitative estimate of drug-likeness (QED) is 0.847. The monoisotopic (exact) mass is 348 g/mol. The summed E-state index contributed by atoms with van der Waals surface area (Å²) in [7, 11) is 0. The van der Waals surface area contributed by atoms with Crippen LogP contribution in [0.5, 0.6) is 0 Å². The first-order valence-electron chi connectivity index (χ1n) is 9.31. The average molecular weight is 348 g/mol. The third-order valence-corrected chi connectivity index (χ3v) is 5.07. The molecule has 0 bridgehead atoms. The number of amides is 1. The number of anilines is 1. The van der Waals surface area contributed by atoms with Crippen LogP contribution in [-0.4, -0.2) is 50.2 Å². The number of ether oxygens (including phenoxy) is 1. The number of carbonyl (C=O) groups is 1. The molecule has 4 nitrogen and oxygen atoms in total. The lowest BCUT2D eigenvalue weighted by Crippen LogP contribution is -2.39. The third kappa shape index (κ3) is 3.57. The highest BCUT2D eigenvalue weighted by molar-refractivity contribution is 6.10. The van der Waals surface area contributed by atoms with Crippen LogP contribution in [-0.2, 0) is 4.74 Å². The highest BCUT2D eigenvalue weighted by Gasteiger charge is 2.23. The van der Waals surface area contributed by atoms with E-state index in [4.69, 9.17) is 4.74 Å². The molecule has 0 unspecified atom stereocenters. The molecule has 1 fully saturated rings. The van der Waals surface area contributed by atoms with E-state index in [2.05, 4.69) is 17.0 Å². The Morgan fingerprint density at radius 3 is 2.38 bits per heavy atom. The first kappa shape index (κ1) is 17.0. The molecule has 0 aromatic heterocycles. The summed E-state index contributed by atoms with van der Waals surface area (Å²) in [6, 6.07) is 16.0. The Morgan fingerprint density at radius 1 is 0.846 bits per heavy atom. The molecule has 2 aromatic rings. The van der Waals surface area contributed by atoms with Gasteiger partial charge in [0.15, 0.2) is 0 Å². The molecule has 2 aromatic carbocycles. The molecule has 4 rings (SSSR count). The molecule has 4 heteroatoms. The van der Waals surface area contributed by atoms with Gasteiger partial charge in [-0.25, -0.2) is 0 Å². The van der Waals surface area contributed by atoms with Crippen molar-refractivity contribution in [1.29, 1.82) is 0 Å². The molecule has 2 aliphatic heterocycles. The van der Waals surface area contributed by atoms with Crippen LogP contribution in [0.2, 0.25) is 0 Å². The zero-order chi connectivity index (χ0) is 17.8. The molecule has 0 radical (unpaired) electrons. The van der Waals surface area contributed by atoms with E-state index in [1.807, 2.05) is 53.4 Å². The molecule has 0 aliphatic carbocycles. The van der Waals surface area contributed by atoms with Crippen molar-refractivity contribution in [2.24, 2.45) is 0 Å². The summed E-state index contributed by atoms with van der Waals surface area (Å²) in [6.45, 7) is 5.29. The first-order valence-corrected chi connectivity index (χ1v) is 9.31. The maximum absolute atomic E-state index is 13.3. The van der Waals surface area contributed by atoms with Gasteiger partial charge < -0.3 is 9.64 Å². The second kappa shape index (κ2) is 7.85. The Hall–Kier alpha value is -2.43. The summed E-state index contributed by atoms with van der Waals surface area (Å²) in [6.07, 6.45) is 5.10. The van der Waals surface area contributed by atoms with Gasteiger partial charge in [-0.3, -0.25) is 9.69 Å². The van der Waals surface area contributed by atoms with Gasteiger partial charge in [0, 0.05) is 31.7 Å². The molecule has 26 heavy (non-hydrogen) atoms. The minimum absolute atomic E-state index is 0.0828. The molecule has 0 saturated carbocycles. The van der Waals surface area contributed by atoms with Crippen LogP contribution in [0.1, 0.15) is 27.9 Å². The normalized spacial score (nSPS) is 18.6. The van der Waals surface area contributed by atoms with Gasteiger partial charge >= 0.3 is 0 Å². The molecular weight excluding hydrogens is 324 g/mol. The van der Waals surface area contributed by atoms with E-state index in [0.717, 1.165) is 68.2 Å². The van der Waals surface area contributed by atoms with E-state index in [0.29, 0.717) is 0 Å². The van der Waals surface area contributed by atoms with Gasteiger partial charge in [0.05, 0.1) is 18.9 Å². The Morgan fingerprint density at radius 2 is 1.54 bits per heavy atom. The first-order chi connectivity index (χ1) is 12.8. The van der Waals surface area contributed by atoms with E-state index in [-0.39, 0.29) is 5.91 Å². The molecule has 0 atom stereocenters. The number of benzene rings is 2. The van der Waals surface area contributed by atoms with Gasteiger partial charge in [0.2, 0.25) is 0 Å². The van der Waals surface area contributed by atoms with Crippen molar-refractivity contribution in [2.75, 3.05) is 44.3 Å². The molecule has 2 aliphatic rings. The molecule has 134 valence electrons. The predicted molar refractivity (Wildman–Crippen MR) is 105 cm³/mol. The largest absolute Gasteiger partial charge is 0.379 e. The standard InChI is InChI=1S/C22H24N2O2/c25-22-20-8-3-1-6-18(20)10-11-19-7-2-4-9-21(19)24(22)13-5-12-23-14-16-26-17-15-23/h1-4,6-11H,5,12-17H2/b11-10-. The smallest absolute Gasteiger partial charge is 0.258 e. The van der Waals surface area contributed by atoms with Crippen molar-refractivity contribution < 1.29 is 9.53 Å². The lowest BCUT2D eigenvalue weighted by atomic mass is 10.0. The number of rotatable bonds is 4. The summed E-state index contributed by atoms with van der Waals surface area (Å²) in [5.74, 6) is 0.0828. The Bertz CT molecular complexity index is 809. The lowest BCUT2D eigenvalue weighted by Gasteiger charge is -2.30. The number of morpholine rings is 1. The number of para-hydroxylation sites is 1. The summed E-state index contributed by atoms with van der Waals surface area (Å²) < 4.78 is 5.42. The van der Waals surface area contributed by atoms with E-state index >= 15 is 0 Å². The van der Waals surface area contributed by atoms with Crippen LogP contribution in [0.4, 0.5) is 5.69 Å². The van der Waals surface area contributed by atoms with Crippen LogP contribution in [0.25, 0.3) is 12.2 Å². The van der Waals surface area contributed by atoms with Gasteiger partial charge in [-0.15, -0.1) is 0 Å². The van der Waals surface area contributed by atoms with Crippen molar-refractivity contribution >= 4 is 23.7 Å². The average Bonchev–Trinajstić information content (AvgIpc) is 2.70. The molecule has 0 N–H and O–H groups in total. The lowest BCUT2D eigenvalue weighted by molar-refractivity contribution is 0.0376. The second-order valence-electron chi connectivity index (χ2n) is 6.74. The van der Waals surface area contributed by atoms with Gasteiger partial charge in [0.1, 0.15) is 0 Å². The SMILES string of the molecule is O=C1c2ccccc2/C=C\c2ccccc2N1CCCN1CCOCC1. The van der Waals surface area contributed by atoms with Crippen LogP contribution >= 0.6 is 0 Å². The van der Waals surface area contributed by atoms with E-state index in [9.17, 15) is 4.79 Å². The van der Waals surface area contributed by atoms with E-state index in [1.165, 1.54) is 0 Å². The summed E-state index contributed by atoms with van der Waals surface area (Å²) in [5, 5.41) is 0. The van der Waals surface area contributed by atoms with Gasteiger partial charge in [-0.2, -0.15) is 0 Å². The van der Waals surface area contributed by atoms with Crippen LogP contribution < -0.4 is 4.90 Å². The minimum atomic E-state index is 0.0828. The van der Waals surface area contributed by atoms with Crippen molar-refractivity contribution in [2.45, 2.75) is 6.42 Å². The summed E-state index contributed by atoms with van der Waals surface area (Å²) in [4.78, 5) is 17.6. The minimum Gasteiger partial charge on any atom is -0.379 e. The number of fused-ring (bicyclic) bond motifs is 2. The van der Waals surface area contributed by atoms with Gasteiger partial charge in [-0.1, -0.05) is 48.6 Å². The Balaban J connectivity index is 1.59. The van der Waals surface area contributed by atoms with Crippen LogP contribution in [0.3, 0.4) is 0 Å². The van der Waals surface area contributed by atoms with Crippen LogP contribution in [0, 0.1) is 0 Å². The summed E-state index contributed by atoms with van der Waals surface area (Å²) in [5.41, 5.74) is 3.82. The maximum atomic E-state index is 13.3. The Labute approximate surface area is 154 Å². The highest BCUT2D eigenvalue weighted by atomic mass is 16.5. The maximum Gasteiger partial charge on any atom is 0.258 e. The number of hydrogen-bond donors (Lipinski definition) is 0. The van der Waals surface area contributed by atoms with E-state index < -0.39 is 0 Å². The fraction of sp³-hybridized carbons (Fsp3) is 0.318. The highest BCUT2D eigenvalue weighted by Crippen LogP contribution is 2.28. The number of nitrogens with zero attached hydrogens (tertiary/aromatic N) is 2. The fourth-order valence-electron chi connectivity index (χ4n) is 3.64. The van der Waals surface area contributed by atoms with Crippen LogP contribution in [0.15, 0.2) is 48.5 Å². The van der Waals surface area contributed by atoms with Gasteiger partial charge in [-0.05, 0) is 29.7 Å². The number of hydrogen-bond acceptors (Lipinski definition) is 3. The van der Waals surface area contributed by atoms with Crippen molar-refractivity contribution in [1.82, 2.24) is 4.90 Å². The second-order valence-corrected chi connectivity index (χ2v) is 6.74. The van der Waals surface area contributed by atoms with Crippen molar-refractivity contribution in [3.8, 4) is 0 Å². The fourth-order valence-corrected chi connectivity index (χ4v) is 3.64. The van der Waals surface area contributed by atoms with Gasteiger partial charge in [0.25, 0.3) is 5.91 Å². The van der Waals surface area contributed by atoms with Crippen molar-refractivity contribution in [3.05, 3.63) is 65.2 Å². The zero-order valence-corrected chi connectivity index (χ0v) is 14.9. The Kier molecular flexibility index (Phi) is 5.14. The zero-order valence-electron chi connectivity index (χ0n) is 14.9.